The molecule has 0 radical (unpaired) electrons. The summed E-state index contributed by atoms with van der Waals surface area (Å²) in [6.07, 6.45) is 5.31. The van der Waals surface area contributed by atoms with Crippen LogP contribution in [0.25, 0.3) is 106 Å². The van der Waals surface area contributed by atoms with Gasteiger partial charge in [0.15, 0.2) is 0 Å². The van der Waals surface area contributed by atoms with Gasteiger partial charge in [-0.2, -0.15) is 18.2 Å². The van der Waals surface area contributed by atoms with Crippen LogP contribution < -0.4 is 24.9 Å². The van der Waals surface area contributed by atoms with Crippen molar-refractivity contribution in [3.63, 3.8) is 0 Å². The summed E-state index contributed by atoms with van der Waals surface area (Å²) < 4.78 is 100. The first-order valence-corrected chi connectivity index (χ1v) is 30.1. The molecule has 5 nitrogen and oxygen atoms in total. The summed E-state index contributed by atoms with van der Waals surface area (Å²) in [5, 5.41) is 6.04. The number of hydrogen-bond donors (Lipinski definition) is 0. The average Bonchev–Trinajstić information content (AvgIpc) is 1.54. The number of nitrogens with zero attached hydrogens (tertiary/aromatic N) is 4. The third-order valence-corrected chi connectivity index (χ3v) is 20.8. The molecular weight excluding hydrogens is 1220 g/mol. The molecule has 0 unspecified atom stereocenters. The molecule has 1 aliphatic heterocycles. The van der Waals surface area contributed by atoms with E-state index in [-0.39, 0.29) is 54.4 Å². The van der Waals surface area contributed by atoms with E-state index >= 15 is 0 Å². The van der Waals surface area contributed by atoms with Gasteiger partial charge in [-0.05, 0) is 111 Å². The number of aromatic nitrogens is 4. The van der Waals surface area contributed by atoms with Gasteiger partial charge in [-0.1, -0.05) is 245 Å². The first-order chi connectivity index (χ1) is 44.8. The molecule has 1 aliphatic rings. The SMILES string of the molecule is [2H]c1c([2H])c([2H])c(-c2cccc(-c3c([2H])c([2H])c([2H])c([2H])c3[2H])c2-[n+]2[c-]n(-c3[c-]c(Oc4[c-]c5c(cc4)c4cc(-c6cccc([Si]7(C)c8ccccc8-c8ccccc8-c8ccccc87)c6)ccc4n5-c4cc(C(C)(C)C)ccn4)ccc3)c3ccccc32)c([2H])c1[2H].[Pt]. The number of para-hydroxylation sites is 3. The van der Waals surface area contributed by atoms with Crippen LogP contribution in [0, 0.1) is 18.5 Å². The number of ether oxygens (including phenoxy) is 1. The van der Waals surface area contributed by atoms with Crippen LogP contribution in [0.2, 0.25) is 6.55 Å². The average molecular weight is 1290 g/mol. The molecule has 7 heteroatoms. The van der Waals surface area contributed by atoms with Crippen molar-refractivity contribution in [2.24, 2.45) is 0 Å². The van der Waals surface area contributed by atoms with Gasteiger partial charge in [0.25, 0.3) is 6.33 Å². The Morgan fingerprint density at radius 1 is 0.512 bits per heavy atom. The fraction of sp³-hybridized carbons (Fsp3) is 0.0649. The van der Waals surface area contributed by atoms with E-state index in [0.29, 0.717) is 28.2 Å². The normalized spacial score (nSPS) is 14.2. The number of fused-ring (bicyclic) bond motifs is 9. The Kier molecular flexibility index (Phi) is 10.6. The minimum Gasteiger partial charge on any atom is -0.510 e. The standard InChI is InChI=1S/C77H56N4OSi.Pt/c1-77(2,3)56-44-45-78-75(48-56)81-69-43-40-55(54-26-19-29-60(46-54)83(4)73-38-17-13-32-66(73)63-30-11-12-31-64(63)67-33-14-18-39-74(67)83)47-68(69)65-42-41-59(50-72(65)81)82-58-28-20-27-57(49-58)79-51-80(71-37-16-15-36-70(71)79)76-61(52-22-7-5-8-23-52)34-21-35-62(76)53-24-9-6-10-25-53;/h5-48H,1-4H3;/q-2;/i5D,6D,7D,8D,9D,10D,22D,23D,24D,25D;. The van der Waals surface area contributed by atoms with Gasteiger partial charge in [0.05, 0.1) is 30.4 Å². The summed E-state index contributed by atoms with van der Waals surface area (Å²) in [6, 6.07) is 70.1. The van der Waals surface area contributed by atoms with Crippen molar-refractivity contribution >= 4 is 56.5 Å². The Morgan fingerprint density at radius 2 is 1.11 bits per heavy atom. The molecule has 0 N–H and O–H groups in total. The van der Waals surface area contributed by atoms with Crippen LogP contribution in [0.3, 0.4) is 0 Å². The fourth-order valence-electron chi connectivity index (χ4n) is 12.2. The fourth-order valence-corrected chi connectivity index (χ4v) is 16.4. The Bertz CT molecular complexity index is 5270. The molecule has 0 saturated heterocycles. The van der Waals surface area contributed by atoms with Gasteiger partial charge in [0.1, 0.15) is 13.9 Å². The summed E-state index contributed by atoms with van der Waals surface area (Å²) in [7, 11) is -2.65. The van der Waals surface area contributed by atoms with Crippen molar-refractivity contribution in [1.82, 2.24) is 14.1 Å². The number of pyridine rings is 1. The second-order valence-corrected chi connectivity index (χ2v) is 26.0. The van der Waals surface area contributed by atoms with Crippen LogP contribution in [-0.2, 0) is 26.5 Å². The first kappa shape index (κ1) is 42.4. The quantitative estimate of drug-likeness (QED) is 0.0820. The molecule has 0 saturated carbocycles. The van der Waals surface area contributed by atoms with Crippen LogP contribution in [0.4, 0.5) is 0 Å². The van der Waals surface area contributed by atoms with E-state index in [9.17, 15) is 0 Å². The predicted octanol–water partition coefficient (Wildman–Crippen LogP) is 16.6. The molecule has 0 fully saturated rings. The smallest absolute Gasteiger partial charge is 0.268 e. The second kappa shape index (κ2) is 21.1. The molecule has 0 bridgehead atoms. The summed E-state index contributed by atoms with van der Waals surface area (Å²) >= 11 is 0. The van der Waals surface area contributed by atoms with E-state index < -0.39 is 68.5 Å². The second-order valence-electron chi connectivity index (χ2n) is 22.1. The molecule has 11 aromatic carbocycles. The summed E-state index contributed by atoms with van der Waals surface area (Å²) in [4.78, 5) is 5.01. The first-order valence-electron chi connectivity index (χ1n) is 32.6. The molecule has 0 atom stereocenters. The van der Waals surface area contributed by atoms with Crippen LogP contribution in [0.5, 0.6) is 11.5 Å². The molecule has 406 valence electrons. The topological polar surface area (TPSA) is 35.9 Å². The van der Waals surface area contributed by atoms with Gasteiger partial charge in [-0.25, -0.2) is 4.98 Å². The van der Waals surface area contributed by atoms with Crippen LogP contribution >= 0.6 is 0 Å². The largest absolute Gasteiger partial charge is 0.510 e. The van der Waals surface area contributed by atoms with E-state index in [1.165, 1.54) is 37.8 Å². The van der Waals surface area contributed by atoms with Gasteiger partial charge >= 0.3 is 0 Å². The third-order valence-electron chi connectivity index (χ3n) is 16.3. The maximum atomic E-state index is 9.12. The minimum absolute atomic E-state index is 0. The maximum Gasteiger partial charge on any atom is 0.268 e. The zero-order valence-corrected chi connectivity index (χ0v) is 49.4. The zero-order chi connectivity index (χ0) is 64.5. The van der Waals surface area contributed by atoms with Crippen molar-refractivity contribution in [2.75, 3.05) is 0 Å². The molecule has 3 aromatic heterocycles. The molecule has 84 heavy (non-hydrogen) atoms. The van der Waals surface area contributed by atoms with Gasteiger partial charge < -0.3 is 13.9 Å². The van der Waals surface area contributed by atoms with Gasteiger partial charge in [-0.3, -0.25) is 4.57 Å². The van der Waals surface area contributed by atoms with Gasteiger partial charge in [-0.15, -0.1) is 29.7 Å². The molecule has 14 aromatic rings. The Labute approximate surface area is 519 Å². The van der Waals surface area contributed by atoms with Crippen molar-refractivity contribution in [2.45, 2.75) is 32.7 Å². The molecular formula is C77H56N4OPtSi-2. The van der Waals surface area contributed by atoms with Gasteiger partial charge in [0.2, 0.25) is 0 Å². The summed E-state index contributed by atoms with van der Waals surface area (Å²) in [5.41, 5.74) is 11.6. The number of benzene rings is 11. The van der Waals surface area contributed by atoms with E-state index in [1.54, 1.807) is 33.4 Å². The van der Waals surface area contributed by atoms with Crippen molar-refractivity contribution in [1.29, 1.82) is 0 Å². The minimum atomic E-state index is -2.65. The van der Waals surface area contributed by atoms with Crippen LogP contribution in [0.1, 0.15) is 40.0 Å². The van der Waals surface area contributed by atoms with Crippen molar-refractivity contribution in [3.8, 4) is 84.3 Å². The van der Waals surface area contributed by atoms with E-state index in [4.69, 9.17) is 23.4 Å². The number of imidazole rings is 1. The number of rotatable bonds is 9. The van der Waals surface area contributed by atoms with Crippen LogP contribution in [0.15, 0.2) is 267 Å². The summed E-state index contributed by atoms with van der Waals surface area (Å²) in [6.45, 7) is 9.07. The van der Waals surface area contributed by atoms with E-state index in [0.717, 1.165) is 44.3 Å². The molecule has 0 aliphatic carbocycles. The monoisotopic (exact) mass is 1290 g/mol. The zero-order valence-electron chi connectivity index (χ0n) is 56.1. The molecule has 0 spiro atoms. The van der Waals surface area contributed by atoms with E-state index in [1.807, 2.05) is 48.7 Å². The van der Waals surface area contributed by atoms with Gasteiger partial charge in [0, 0.05) is 44.3 Å². The van der Waals surface area contributed by atoms with Crippen LogP contribution in [-0.4, -0.2) is 22.2 Å². The molecule has 0 amide bonds. The summed E-state index contributed by atoms with van der Waals surface area (Å²) in [5.74, 6) is 1.49. The Hall–Kier alpha value is -9.45. The predicted molar refractivity (Wildman–Crippen MR) is 343 cm³/mol. The number of hydrogen-bond acceptors (Lipinski definition) is 2. The maximum absolute atomic E-state index is 9.12. The molecule has 15 rings (SSSR count). The van der Waals surface area contributed by atoms with Crippen molar-refractivity contribution in [3.05, 3.63) is 291 Å². The Morgan fingerprint density at radius 3 is 1.80 bits per heavy atom. The Balaban J connectivity index is 0.00000763. The van der Waals surface area contributed by atoms with E-state index in [2.05, 4.69) is 184 Å². The molecule has 4 heterocycles. The van der Waals surface area contributed by atoms with Crippen molar-refractivity contribution < 1.29 is 44.1 Å². The third kappa shape index (κ3) is 8.88.